The molecule has 25 heavy (non-hydrogen) atoms. The van der Waals surface area contributed by atoms with Crippen LogP contribution < -0.4 is 4.74 Å². The summed E-state index contributed by atoms with van der Waals surface area (Å²) in [5.74, 6) is 0.687. The molecule has 2 aromatic rings. The van der Waals surface area contributed by atoms with Gasteiger partial charge in [-0.1, -0.05) is 48.5 Å². The predicted octanol–water partition coefficient (Wildman–Crippen LogP) is 2.03. The van der Waals surface area contributed by atoms with Crippen molar-refractivity contribution in [1.82, 2.24) is 4.90 Å². The molecular weight excluding hydrogens is 318 g/mol. The van der Waals surface area contributed by atoms with Crippen LogP contribution in [0.2, 0.25) is 0 Å². The van der Waals surface area contributed by atoms with Crippen molar-refractivity contribution < 1.29 is 19.4 Å². The van der Waals surface area contributed by atoms with Gasteiger partial charge in [-0.25, -0.2) is 0 Å². The topological polar surface area (TPSA) is 59.0 Å². The summed E-state index contributed by atoms with van der Waals surface area (Å²) in [6.45, 7) is 2.01. The molecule has 1 heterocycles. The minimum atomic E-state index is -0.629. The van der Waals surface area contributed by atoms with E-state index in [1.54, 1.807) is 4.90 Å². The van der Waals surface area contributed by atoms with E-state index in [9.17, 15) is 9.90 Å². The summed E-state index contributed by atoms with van der Waals surface area (Å²) in [4.78, 5) is 14.3. The van der Waals surface area contributed by atoms with Gasteiger partial charge in [-0.2, -0.15) is 0 Å². The zero-order valence-corrected chi connectivity index (χ0v) is 14.1. The van der Waals surface area contributed by atoms with Crippen LogP contribution in [0.25, 0.3) is 0 Å². The summed E-state index contributed by atoms with van der Waals surface area (Å²) in [7, 11) is 0. The second-order valence-electron chi connectivity index (χ2n) is 6.13. The molecule has 1 atom stereocenters. The first-order valence-electron chi connectivity index (χ1n) is 8.50. The third kappa shape index (κ3) is 5.05. The number of nitrogens with zero attached hydrogens (tertiary/aromatic N) is 1. The number of hydrogen-bond acceptors (Lipinski definition) is 4. The quantitative estimate of drug-likeness (QED) is 0.904. The summed E-state index contributed by atoms with van der Waals surface area (Å²) < 4.78 is 11.2. The fourth-order valence-corrected chi connectivity index (χ4v) is 2.82. The third-order valence-corrected chi connectivity index (χ3v) is 4.15. The number of rotatable bonds is 5. The van der Waals surface area contributed by atoms with Crippen molar-refractivity contribution in [2.24, 2.45) is 0 Å². The Morgan fingerprint density at radius 1 is 1.16 bits per heavy atom. The molecule has 1 aliphatic heterocycles. The van der Waals surface area contributed by atoms with Gasteiger partial charge >= 0.3 is 0 Å². The Labute approximate surface area is 147 Å². The molecule has 0 bridgehead atoms. The number of ether oxygens (including phenoxy) is 2. The van der Waals surface area contributed by atoms with Gasteiger partial charge in [-0.05, 0) is 11.6 Å². The lowest BCUT2D eigenvalue weighted by molar-refractivity contribution is -0.131. The largest absolute Gasteiger partial charge is 0.489 e. The molecule has 1 unspecified atom stereocenters. The van der Waals surface area contributed by atoms with Crippen molar-refractivity contribution >= 4 is 5.91 Å². The Balaban J connectivity index is 1.64. The number of carbonyl (C=O) groups excluding carboxylic acids is 1. The smallest absolute Gasteiger partial charge is 0.227 e. The van der Waals surface area contributed by atoms with Crippen LogP contribution in [0, 0.1) is 0 Å². The van der Waals surface area contributed by atoms with E-state index in [0.717, 1.165) is 11.1 Å². The SMILES string of the molecule is O=C(Cc1ccccc1OCc1ccccc1)N1CCOCC(O)C1. The molecule has 1 N–H and O–H groups in total. The van der Waals surface area contributed by atoms with Crippen LogP contribution in [0.1, 0.15) is 11.1 Å². The molecule has 0 saturated carbocycles. The number of aliphatic hydroxyl groups excluding tert-OH is 1. The number of β-amino-alcohol motifs (C(OH)–C–C–N with tert-alkyl or cyclic N) is 1. The molecule has 0 spiro atoms. The van der Waals surface area contributed by atoms with Crippen molar-refractivity contribution in [3.63, 3.8) is 0 Å². The molecule has 1 aliphatic rings. The first-order chi connectivity index (χ1) is 12.2. The third-order valence-electron chi connectivity index (χ3n) is 4.15. The van der Waals surface area contributed by atoms with E-state index in [1.165, 1.54) is 0 Å². The molecule has 1 amide bonds. The van der Waals surface area contributed by atoms with E-state index in [4.69, 9.17) is 9.47 Å². The summed E-state index contributed by atoms with van der Waals surface area (Å²) in [5.41, 5.74) is 1.93. The molecule has 0 radical (unpaired) electrons. The molecule has 1 fully saturated rings. The molecular formula is C20H23NO4. The lowest BCUT2D eigenvalue weighted by atomic mass is 10.1. The fourth-order valence-electron chi connectivity index (χ4n) is 2.82. The molecule has 0 aliphatic carbocycles. The zero-order valence-electron chi connectivity index (χ0n) is 14.1. The van der Waals surface area contributed by atoms with Gasteiger partial charge in [0, 0.05) is 18.7 Å². The number of carbonyl (C=O) groups is 1. The summed E-state index contributed by atoms with van der Waals surface area (Å²) >= 11 is 0. The maximum absolute atomic E-state index is 12.6. The van der Waals surface area contributed by atoms with Gasteiger partial charge in [0.05, 0.1) is 25.7 Å². The highest BCUT2D eigenvalue weighted by Gasteiger charge is 2.21. The van der Waals surface area contributed by atoms with Crippen molar-refractivity contribution in [2.75, 3.05) is 26.3 Å². The first-order valence-corrected chi connectivity index (χ1v) is 8.50. The maximum Gasteiger partial charge on any atom is 0.227 e. The predicted molar refractivity (Wildman–Crippen MR) is 94.3 cm³/mol. The van der Waals surface area contributed by atoms with Gasteiger partial charge in [-0.15, -0.1) is 0 Å². The Kier molecular flexibility index (Phi) is 6.04. The van der Waals surface area contributed by atoms with Gasteiger partial charge in [0.1, 0.15) is 12.4 Å². The number of para-hydroxylation sites is 1. The second kappa shape index (κ2) is 8.65. The number of benzene rings is 2. The minimum absolute atomic E-state index is 0.0275. The van der Waals surface area contributed by atoms with Crippen molar-refractivity contribution in [1.29, 1.82) is 0 Å². The molecule has 0 aromatic heterocycles. The molecule has 5 nitrogen and oxygen atoms in total. The van der Waals surface area contributed by atoms with E-state index in [2.05, 4.69) is 0 Å². The van der Waals surface area contributed by atoms with Gasteiger partial charge in [-0.3, -0.25) is 4.79 Å². The molecule has 5 heteroatoms. The average molecular weight is 341 g/mol. The van der Waals surface area contributed by atoms with Crippen molar-refractivity contribution in [3.8, 4) is 5.75 Å². The minimum Gasteiger partial charge on any atom is -0.489 e. The van der Waals surface area contributed by atoms with Crippen LogP contribution >= 0.6 is 0 Å². The standard InChI is InChI=1S/C20H23NO4/c22-18-13-21(10-11-24-15-18)20(23)12-17-8-4-5-9-19(17)25-14-16-6-2-1-3-7-16/h1-9,18,22H,10-15H2. The molecule has 1 saturated heterocycles. The van der Waals surface area contributed by atoms with Crippen LogP contribution in [-0.2, 0) is 22.6 Å². The van der Waals surface area contributed by atoms with Gasteiger partial charge in [0.25, 0.3) is 0 Å². The van der Waals surface area contributed by atoms with E-state index in [-0.39, 0.29) is 18.9 Å². The van der Waals surface area contributed by atoms with Gasteiger partial charge < -0.3 is 19.5 Å². The lowest BCUT2D eigenvalue weighted by Gasteiger charge is -2.22. The Morgan fingerprint density at radius 2 is 1.92 bits per heavy atom. The van der Waals surface area contributed by atoms with Crippen LogP contribution in [0.4, 0.5) is 0 Å². The zero-order chi connectivity index (χ0) is 17.5. The van der Waals surface area contributed by atoms with Crippen molar-refractivity contribution in [3.05, 3.63) is 65.7 Å². The van der Waals surface area contributed by atoms with Crippen molar-refractivity contribution in [2.45, 2.75) is 19.1 Å². The average Bonchev–Trinajstić information content (AvgIpc) is 2.86. The Bertz CT molecular complexity index is 689. The van der Waals surface area contributed by atoms with Crippen LogP contribution in [0.3, 0.4) is 0 Å². The van der Waals surface area contributed by atoms with Gasteiger partial charge in [0.2, 0.25) is 5.91 Å². The van der Waals surface area contributed by atoms with E-state index >= 15 is 0 Å². The highest BCUT2D eigenvalue weighted by molar-refractivity contribution is 5.79. The first kappa shape index (κ1) is 17.5. The van der Waals surface area contributed by atoms with E-state index in [1.807, 2.05) is 54.6 Å². The van der Waals surface area contributed by atoms with Crippen LogP contribution in [0.5, 0.6) is 5.75 Å². The second-order valence-corrected chi connectivity index (χ2v) is 6.13. The number of hydrogen-bond donors (Lipinski definition) is 1. The van der Waals surface area contributed by atoms with Crippen LogP contribution in [0.15, 0.2) is 54.6 Å². The van der Waals surface area contributed by atoms with E-state index < -0.39 is 6.10 Å². The highest BCUT2D eigenvalue weighted by atomic mass is 16.5. The summed E-state index contributed by atoms with van der Waals surface area (Å²) in [6.07, 6.45) is -0.381. The van der Waals surface area contributed by atoms with Gasteiger partial charge in [0.15, 0.2) is 0 Å². The normalized spacial score (nSPS) is 17.8. The van der Waals surface area contributed by atoms with Crippen LogP contribution in [-0.4, -0.2) is 48.3 Å². The monoisotopic (exact) mass is 341 g/mol. The summed E-state index contributed by atoms with van der Waals surface area (Å²) in [6, 6.07) is 17.5. The number of aliphatic hydroxyl groups is 1. The molecule has 132 valence electrons. The fraction of sp³-hybridized carbons (Fsp3) is 0.350. The molecule has 3 rings (SSSR count). The number of amides is 1. The Hall–Kier alpha value is -2.37. The van der Waals surface area contributed by atoms with E-state index in [0.29, 0.717) is 32.1 Å². The highest BCUT2D eigenvalue weighted by Crippen LogP contribution is 2.21. The lowest BCUT2D eigenvalue weighted by Crippen LogP contribution is -2.38. The molecule has 2 aromatic carbocycles. The Morgan fingerprint density at radius 3 is 2.76 bits per heavy atom. The summed E-state index contributed by atoms with van der Waals surface area (Å²) in [5, 5.41) is 9.80. The maximum atomic E-state index is 12.6.